The zero-order valence-corrected chi connectivity index (χ0v) is 13.8. The molecule has 1 heterocycles. The summed E-state index contributed by atoms with van der Waals surface area (Å²) in [5.74, 6) is -0.0929. The van der Waals surface area contributed by atoms with Crippen LogP contribution >= 0.6 is 0 Å². The van der Waals surface area contributed by atoms with Crippen LogP contribution in [-0.2, 0) is 6.18 Å². The monoisotopic (exact) mass is 348 g/mol. The standard InChI is InChI=1S/C19H19F3N2O/c1-13-12-23-10-11-24(13)18(25)15-8-6-14(7-9-15)16-4-2-3-5-17(16)19(20,21)22/h2-9,13,23H,10-12H2,1H3/t13-/m1/s1. The van der Waals surface area contributed by atoms with Crippen LogP contribution in [-0.4, -0.2) is 36.5 Å². The summed E-state index contributed by atoms with van der Waals surface area (Å²) in [5, 5.41) is 3.22. The average molecular weight is 348 g/mol. The minimum absolute atomic E-state index is 0.0897. The van der Waals surface area contributed by atoms with E-state index in [4.69, 9.17) is 0 Å². The van der Waals surface area contributed by atoms with Gasteiger partial charge in [0.15, 0.2) is 0 Å². The first-order valence-electron chi connectivity index (χ1n) is 8.16. The van der Waals surface area contributed by atoms with Gasteiger partial charge in [0.05, 0.1) is 5.56 Å². The van der Waals surface area contributed by atoms with E-state index in [1.54, 1.807) is 35.2 Å². The van der Waals surface area contributed by atoms with E-state index in [1.165, 1.54) is 12.1 Å². The Morgan fingerprint density at radius 1 is 1.12 bits per heavy atom. The van der Waals surface area contributed by atoms with Crippen LogP contribution in [0.2, 0.25) is 0 Å². The Balaban J connectivity index is 1.87. The molecule has 3 nitrogen and oxygen atoms in total. The van der Waals surface area contributed by atoms with Gasteiger partial charge in [0.1, 0.15) is 0 Å². The quantitative estimate of drug-likeness (QED) is 0.895. The van der Waals surface area contributed by atoms with Crippen molar-refractivity contribution in [1.29, 1.82) is 0 Å². The number of amides is 1. The Labute approximate surface area is 144 Å². The van der Waals surface area contributed by atoms with E-state index in [0.29, 0.717) is 17.7 Å². The molecule has 1 amide bonds. The van der Waals surface area contributed by atoms with E-state index < -0.39 is 11.7 Å². The Kier molecular flexibility index (Phi) is 4.81. The smallest absolute Gasteiger partial charge is 0.333 e. The van der Waals surface area contributed by atoms with Gasteiger partial charge in [-0.2, -0.15) is 13.2 Å². The van der Waals surface area contributed by atoms with E-state index in [-0.39, 0.29) is 17.5 Å². The third kappa shape index (κ3) is 3.69. The van der Waals surface area contributed by atoms with Crippen molar-refractivity contribution >= 4 is 5.91 Å². The fraction of sp³-hybridized carbons (Fsp3) is 0.316. The third-order valence-electron chi connectivity index (χ3n) is 4.44. The Morgan fingerprint density at radius 3 is 2.44 bits per heavy atom. The van der Waals surface area contributed by atoms with Gasteiger partial charge in [0.25, 0.3) is 5.91 Å². The number of hydrogen-bond acceptors (Lipinski definition) is 2. The molecule has 25 heavy (non-hydrogen) atoms. The summed E-state index contributed by atoms with van der Waals surface area (Å²) >= 11 is 0. The fourth-order valence-electron chi connectivity index (χ4n) is 3.08. The van der Waals surface area contributed by atoms with Crippen LogP contribution in [0.4, 0.5) is 13.2 Å². The molecule has 2 aromatic rings. The Hall–Kier alpha value is -2.34. The SMILES string of the molecule is C[C@@H]1CNCCN1C(=O)c1ccc(-c2ccccc2C(F)(F)F)cc1. The predicted octanol–water partition coefficient (Wildman–Crippen LogP) is 3.81. The highest BCUT2D eigenvalue weighted by Crippen LogP contribution is 2.36. The molecule has 0 aromatic heterocycles. The van der Waals surface area contributed by atoms with Crippen LogP contribution in [0.15, 0.2) is 48.5 Å². The number of halogens is 3. The molecule has 1 atom stereocenters. The van der Waals surface area contributed by atoms with Gasteiger partial charge in [-0.25, -0.2) is 0 Å². The van der Waals surface area contributed by atoms with Gasteiger partial charge in [-0.05, 0) is 36.2 Å². The molecule has 1 aliphatic rings. The zero-order chi connectivity index (χ0) is 18.0. The van der Waals surface area contributed by atoms with Crippen molar-refractivity contribution < 1.29 is 18.0 Å². The van der Waals surface area contributed by atoms with Crippen LogP contribution in [0.1, 0.15) is 22.8 Å². The summed E-state index contributed by atoms with van der Waals surface area (Å²) < 4.78 is 39.5. The second-order valence-electron chi connectivity index (χ2n) is 6.17. The van der Waals surface area contributed by atoms with Crippen molar-refractivity contribution in [1.82, 2.24) is 10.2 Å². The van der Waals surface area contributed by atoms with E-state index in [1.807, 2.05) is 6.92 Å². The topological polar surface area (TPSA) is 32.3 Å². The highest BCUT2D eigenvalue weighted by molar-refractivity contribution is 5.95. The maximum absolute atomic E-state index is 13.2. The van der Waals surface area contributed by atoms with Crippen molar-refractivity contribution in [3.05, 3.63) is 59.7 Å². The molecule has 2 aromatic carbocycles. The molecule has 1 aliphatic heterocycles. The Bertz CT molecular complexity index is 756. The van der Waals surface area contributed by atoms with Crippen LogP contribution in [0.3, 0.4) is 0 Å². The molecule has 0 saturated carbocycles. The summed E-state index contributed by atoms with van der Waals surface area (Å²) in [6, 6.07) is 11.9. The normalized spacial score (nSPS) is 18.2. The van der Waals surface area contributed by atoms with Gasteiger partial charge >= 0.3 is 6.18 Å². The highest BCUT2D eigenvalue weighted by atomic mass is 19.4. The molecule has 0 radical (unpaired) electrons. The van der Waals surface area contributed by atoms with Gasteiger partial charge in [-0.15, -0.1) is 0 Å². The largest absolute Gasteiger partial charge is 0.417 e. The molecule has 6 heteroatoms. The van der Waals surface area contributed by atoms with E-state index in [9.17, 15) is 18.0 Å². The minimum atomic E-state index is -4.42. The molecule has 0 spiro atoms. The molecular weight excluding hydrogens is 329 g/mol. The summed E-state index contributed by atoms with van der Waals surface area (Å²) in [6.07, 6.45) is -4.42. The number of alkyl halides is 3. The number of nitrogens with one attached hydrogen (secondary N) is 1. The van der Waals surface area contributed by atoms with Crippen LogP contribution in [0.5, 0.6) is 0 Å². The number of carbonyl (C=O) groups is 1. The first-order chi connectivity index (χ1) is 11.9. The zero-order valence-electron chi connectivity index (χ0n) is 13.8. The maximum Gasteiger partial charge on any atom is 0.417 e. The first kappa shape index (κ1) is 17.5. The predicted molar refractivity (Wildman–Crippen MR) is 90.2 cm³/mol. The average Bonchev–Trinajstić information content (AvgIpc) is 2.61. The van der Waals surface area contributed by atoms with Crippen molar-refractivity contribution in [2.75, 3.05) is 19.6 Å². The molecule has 0 bridgehead atoms. The second kappa shape index (κ2) is 6.88. The van der Waals surface area contributed by atoms with Crippen molar-refractivity contribution in [3.8, 4) is 11.1 Å². The van der Waals surface area contributed by atoms with Gasteiger partial charge in [-0.3, -0.25) is 4.79 Å². The second-order valence-corrected chi connectivity index (χ2v) is 6.17. The number of hydrogen-bond donors (Lipinski definition) is 1. The van der Waals surface area contributed by atoms with Crippen molar-refractivity contribution in [2.45, 2.75) is 19.1 Å². The Morgan fingerprint density at radius 2 is 1.80 bits per heavy atom. The molecule has 132 valence electrons. The fourth-order valence-corrected chi connectivity index (χ4v) is 3.08. The van der Waals surface area contributed by atoms with Gasteiger partial charge in [0, 0.05) is 31.2 Å². The number of rotatable bonds is 2. The summed E-state index contributed by atoms with van der Waals surface area (Å²) in [7, 11) is 0. The summed E-state index contributed by atoms with van der Waals surface area (Å²) in [6.45, 7) is 4.08. The molecule has 1 fully saturated rings. The van der Waals surface area contributed by atoms with Crippen LogP contribution < -0.4 is 5.32 Å². The summed E-state index contributed by atoms with van der Waals surface area (Å²) in [4.78, 5) is 14.4. The third-order valence-corrected chi connectivity index (χ3v) is 4.44. The molecule has 3 rings (SSSR count). The first-order valence-corrected chi connectivity index (χ1v) is 8.16. The van der Waals surface area contributed by atoms with Gasteiger partial charge in [-0.1, -0.05) is 30.3 Å². The minimum Gasteiger partial charge on any atom is -0.333 e. The van der Waals surface area contributed by atoms with Crippen molar-refractivity contribution in [2.24, 2.45) is 0 Å². The molecule has 0 aliphatic carbocycles. The number of piperazine rings is 1. The lowest BCUT2D eigenvalue weighted by Crippen LogP contribution is -2.52. The number of carbonyl (C=O) groups excluding carboxylic acids is 1. The van der Waals surface area contributed by atoms with E-state index in [2.05, 4.69) is 5.32 Å². The maximum atomic E-state index is 13.2. The lowest BCUT2D eigenvalue weighted by molar-refractivity contribution is -0.137. The highest BCUT2D eigenvalue weighted by Gasteiger charge is 2.33. The van der Waals surface area contributed by atoms with Crippen LogP contribution in [0, 0.1) is 0 Å². The van der Waals surface area contributed by atoms with Crippen LogP contribution in [0.25, 0.3) is 11.1 Å². The lowest BCUT2D eigenvalue weighted by atomic mass is 9.98. The van der Waals surface area contributed by atoms with E-state index >= 15 is 0 Å². The molecular formula is C19H19F3N2O. The number of benzene rings is 2. The molecule has 0 unspecified atom stereocenters. The van der Waals surface area contributed by atoms with Gasteiger partial charge in [0.2, 0.25) is 0 Å². The number of nitrogens with zero attached hydrogens (tertiary/aromatic N) is 1. The lowest BCUT2D eigenvalue weighted by Gasteiger charge is -2.34. The summed E-state index contributed by atoms with van der Waals surface area (Å²) in [5.41, 5.74) is 0.370. The molecule has 1 N–H and O–H groups in total. The van der Waals surface area contributed by atoms with Crippen molar-refractivity contribution in [3.63, 3.8) is 0 Å². The van der Waals surface area contributed by atoms with E-state index in [0.717, 1.165) is 19.2 Å². The van der Waals surface area contributed by atoms with Gasteiger partial charge < -0.3 is 10.2 Å². The molecule has 1 saturated heterocycles.